The fraction of sp³-hybridized carbons (Fsp3) is 0.333. The third-order valence-electron chi connectivity index (χ3n) is 2.08. The summed E-state index contributed by atoms with van der Waals surface area (Å²) in [6.07, 6.45) is 5.93. The molecule has 0 aromatic carbocycles. The molecule has 0 aliphatic heterocycles. The van der Waals surface area contributed by atoms with Gasteiger partial charge in [-0.05, 0) is 30.5 Å². The minimum Gasteiger partial charge on any atom is -0.464 e. The standard InChI is InChI=1S/C12H15NO3/c1-9-7-10(5-3-4-6-14)8-13-11(9)12(15)16-2/h3,5,7-8,14H,4,6H2,1-2H3. The zero-order valence-corrected chi connectivity index (χ0v) is 9.43. The van der Waals surface area contributed by atoms with Crippen LogP contribution in [0.3, 0.4) is 0 Å². The van der Waals surface area contributed by atoms with E-state index in [0.29, 0.717) is 12.1 Å². The molecule has 0 aliphatic carbocycles. The Balaban J connectivity index is 2.86. The summed E-state index contributed by atoms with van der Waals surface area (Å²) in [6.45, 7) is 1.94. The average molecular weight is 221 g/mol. The van der Waals surface area contributed by atoms with Crippen molar-refractivity contribution in [3.63, 3.8) is 0 Å². The lowest BCUT2D eigenvalue weighted by Crippen LogP contribution is -2.06. The van der Waals surface area contributed by atoms with Crippen molar-refractivity contribution < 1.29 is 14.6 Å². The fourth-order valence-corrected chi connectivity index (χ4v) is 1.29. The first-order chi connectivity index (χ1) is 7.69. The molecule has 0 radical (unpaired) electrons. The van der Waals surface area contributed by atoms with Crippen LogP contribution in [0.15, 0.2) is 18.3 Å². The van der Waals surface area contributed by atoms with Crippen molar-refractivity contribution in [1.82, 2.24) is 4.98 Å². The molecule has 4 heteroatoms. The van der Waals surface area contributed by atoms with Crippen LogP contribution in [0.25, 0.3) is 6.08 Å². The van der Waals surface area contributed by atoms with Gasteiger partial charge >= 0.3 is 5.97 Å². The fourth-order valence-electron chi connectivity index (χ4n) is 1.29. The van der Waals surface area contributed by atoms with Crippen molar-refractivity contribution in [1.29, 1.82) is 0 Å². The molecule has 0 fully saturated rings. The third kappa shape index (κ3) is 3.17. The number of methoxy groups -OCH3 is 1. The quantitative estimate of drug-likeness (QED) is 0.784. The number of aliphatic hydroxyl groups excluding tert-OH is 1. The lowest BCUT2D eigenvalue weighted by molar-refractivity contribution is 0.0593. The number of nitrogens with zero attached hydrogens (tertiary/aromatic N) is 1. The lowest BCUT2D eigenvalue weighted by atomic mass is 10.1. The SMILES string of the molecule is COC(=O)c1ncc(C=CCCO)cc1C. The van der Waals surface area contributed by atoms with Crippen molar-refractivity contribution in [3.8, 4) is 0 Å². The van der Waals surface area contributed by atoms with Crippen molar-refractivity contribution in [2.75, 3.05) is 13.7 Å². The number of aliphatic hydroxyl groups is 1. The van der Waals surface area contributed by atoms with E-state index in [9.17, 15) is 4.79 Å². The van der Waals surface area contributed by atoms with Crippen molar-refractivity contribution in [2.24, 2.45) is 0 Å². The maximum atomic E-state index is 11.3. The summed E-state index contributed by atoms with van der Waals surface area (Å²) in [5.74, 6) is -0.427. The normalized spacial score (nSPS) is 10.7. The Bertz CT molecular complexity index is 399. The molecule has 86 valence electrons. The second-order valence-electron chi connectivity index (χ2n) is 3.34. The highest BCUT2D eigenvalue weighted by Crippen LogP contribution is 2.10. The van der Waals surface area contributed by atoms with Gasteiger partial charge in [-0.15, -0.1) is 0 Å². The topological polar surface area (TPSA) is 59.4 Å². The van der Waals surface area contributed by atoms with E-state index in [1.807, 2.05) is 25.1 Å². The van der Waals surface area contributed by atoms with Crippen LogP contribution in [0.5, 0.6) is 0 Å². The number of ether oxygens (including phenoxy) is 1. The number of rotatable bonds is 4. The first kappa shape index (κ1) is 12.4. The molecule has 0 atom stereocenters. The monoisotopic (exact) mass is 221 g/mol. The Morgan fingerprint density at radius 1 is 1.62 bits per heavy atom. The van der Waals surface area contributed by atoms with E-state index in [1.165, 1.54) is 7.11 Å². The predicted molar refractivity (Wildman–Crippen MR) is 61.1 cm³/mol. The summed E-state index contributed by atoms with van der Waals surface area (Å²) in [4.78, 5) is 15.3. The molecule has 4 nitrogen and oxygen atoms in total. The van der Waals surface area contributed by atoms with Crippen molar-refractivity contribution in [3.05, 3.63) is 35.2 Å². The molecule has 1 N–H and O–H groups in total. The number of hydrogen-bond acceptors (Lipinski definition) is 4. The average Bonchev–Trinajstić information content (AvgIpc) is 2.29. The summed E-state index contributed by atoms with van der Waals surface area (Å²) in [5.41, 5.74) is 2.01. The molecular formula is C12H15NO3. The van der Waals surface area contributed by atoms with Gasteiger partial charge in [0, 0.05) is 12.8 Å². The van der Waals surface area contributed by atoms with Crippen LogP contribution in [0, 0.1) is 6.92 Å². The first-order valence-electron chi connectivity index (χ1n) is 5.01. The van der Waals surface area contributed by atoms with Gasteiger partial charge in [-0.2, -0.15) is 0 Å². The van der Waals surface area contributed by atoms with Gasteiger partial charge in [-0.1, -0.05) is 12.2 Å². The number of carbonyl (C=O) groups excluding carboxylic acids is 1. The highest BCUT2D eigenvalue weighted by atomic mass is 16.5. The number of esters is 1. The van der Waals surface area contributed by atoms with E-state index in [1.54, 1.807) is 6.20 Å². The van der Waals surface area contributed by atoms with Crippen LogP contribution in [-0.4, -0.2) is 29.8 Å². The van der Waals surface area contributed by atoms with Crippen LogP contribution in [0.2, 0.25) is 0 Å². The number of carbonyl (C=O) groups is 1. The number of pyridine rings is 1. The zero-order chi connectivity index (χ0) is 12.0. The molecular weight excluding hydrogens is 206 g/mol. The Labute approximate surface area is 94.6 Å². The number of aromatic nitrogens is 1. The van der Waals surface area contributed by atoms with Gasteiger partial charge in [0.2, 0.25) is 0 Å². The second-order valence-corrected chi connectivity index (χ2v) is 3.34. The smallest absolute Gasteiger partial charge is 0.356 e. The number of aryl methyl sites for hydroxylation is 1. The Morgan fingerprint density at radius 3 is 2.94 bits per heavy atom. The molecule has 0 aliphatic rings. The summed E-state index contributed by atoms with van der Waals surface area (Å²) < 4.78 is 4.60. The van der Waals surface area contributed by atoms with Crippen molar-refractivity contribution >= 4 is 12.0 Å². The van der Waals surface area contributed by atoms with E-state index in [4.69, 9.17) is 5.11 Å². The van der Waals surface area contributed by atoms with Crippen LogP contribution >= 0.6 is 0 Å². The van der Waals surface area contributed by atoms with Crippen LogP contribution in [-0.2, 0) is 4.74 Å². The highest BCUT2D eigenvalue weighted by Gasteiger charge is 2.10. The first-order valence-corrected chi connectivity index (χ1v) is 5.01. The molecule has 1 aromatic rings. The molecule has 0 saturated heterocycles. The van der Waals surface area contributed by atoms with Crippen LogP contribution in [0.1, 0.15) is 28.0 Å². The van der Waals surface area contributed by atoms with Gasteiger partial charge in [-0.25, -0.2) is 9.78 Å². The van der Waals surface area contributed by atoms with E-state index < -0.39 is 5.97 Å². The van der Waals surface area contributed by atoms with Gasteiger partial charge < -0.3 is 9.84 Å². The van der Waals surface area contributed by atoms with Gasteiger partial charge in [0.1, 0.15) is 0 Å². The molecule has 0 amide bonds. The summed E-state index contributed by atoms with van der Waals surface area (Å²) in [5, 5.41) is 8.62. The van der Waals surface area contributed by atoms with Gasteiger partial charge in [0.05, 0.1) is 7.11 Å². The molecule has 1 heterocycles. The van der Waals surface area contributed by atoms with E-state index in [0.717, 1.165) is 11.1 Å². The summed E-state index contributed by atoms with van der Waals surface area (Å²) in [7, 11) is 1.33. The summed E-state index contributed by atoms with van der Waals surface area (Å²) >= 11 is 0. The second kappa shape index (κ2) is 6.02. The molecule has 0 unspecified atom stereocenters. The highest BCUT2D eigenvalue weighted by molar-refractivity contribution is 5.88. The molecule has 0 bridgehead atoms. The Morgan fingerprint density at radius 2 is 2.38 bits per heavy atom. The number of hydrogen-bond donors (Lipinski definition) is 1. The van der Waals surface area contributed by atoms with Crippen molar-refractivity contribution in [2.45, 2.75) is 13.3 Å². The molecule has 0 saturated carbocycles. The van der Waals surface area contributed by atoms with Gasteiger partial charge in [0.25, 0.3) is 0 Å². The Kier molecular flexibility index (Phi) is 4.66. The molecule has 1 rings (SSSR count). The zero-order valence-electron chi connectivity index (χ0n) is 9.43. The van der Waals surface area contributed by atoms with E-state index in [-0.39, 0.29) is 6.61 Å². The van der Waals surface area contributed by atoms with Gasteiger partial charge in [0.15, 0.2) is 5.69 Å². The maximum Gasteiger partial charge on any atom is 0.356 e. The Hall–Kier alpha value is -1.68. The predicted octanol–water partition coefficient (Wildman–Crippen LogP) is 1.57. The minimum atomic E-state index is -0.427. The largest absolute Gasteiger partial charge is 0.464 e. The maximum absolute atomic E-state index is 11.3. The van der Waals surface area contributed by atoms with Gasteiger partial charge in [-0.3, -0.25) is 0 Å². The minimum absolute atomic E-state index is 0.128. The van der Waals surface area contributed by atoms with E-state index in [2.05, 4.69) is 9.72 Å². The molecule has 16 heavy (non-hydrogen) atoms. The third-order valence-corrected chi connectivity index (χ3v) is 2.08. The molecule has 1 aromatic heterocycles. The summed E-state index contributed by atoms with van der Waals surface area (Å²) in [6, 6.07) is 1.85. The lowest BCUT2D eigenvalue weighted by Gasteiger charge is -2.03. The van der Waals surface area contributed by atoms with Crippen LogP contribution in [0.4, 0.5) is 0 Å². The molecule has 0 spiro atoms. The van der Waals surface area contributed by atoms with E-state index >= 15 is 0 Å². The van der Waals surface area contributed by atoms with Crippen LogP contribution < -0.4 is 0 Å².